The first-order valence-electron chi connectivity index (χ1n) is 10.6. The van der Waals surface area contributed by atoms with Crippen LogP contribution in [-0.4, -0.2) is 33.5 Å². The van der Waals surface area contributed by atoms with Crippen molar-refractivity contribution in [1.82, 2.24) is 14.8 Å². The zero-order valence-electron chi connectivity index (χ0n) is 19.6. The molecule has 6 nitrogen and oxygen atoms in total. The number of hydrogen-bond acceptors (Lipinski definition) is 5. The molecule has 0 aliphatic heterocycles. The van der Waals surface area contributed by atoms with Gasteiger partial charge in [-0.3, -0.25) is 9.36 Å². The van der Waals surface area contributed by atoms with Crippen LogP contribution in [0.4, 0.5) is 5.69 Å². The number of nitrogens with zero attached hydrogens (tertiary/aromatic N) is 3. The van der Waals surface area contributed by atoms with Crippen LogP contribution in [0.25, 0.3) is 11.4 Å². The number of aryl methyl sites for hydroxylation is 1. The summed E-state index contributed by atoms with van der Waals surface area (Å²) in [6, 6.07) is 11.8. The number of thioether (sulfide) groups is 1. The molecular weight excluding hydrogens is 456 g/mol. The molecule has 0 spiro atoms. The first-order chi connectivity index (χ1) is 15.6. The van der Waals surface area contributed by atoms with Crippen LogP contribution in [0.2, 0.25) is 5.02 Å². The van der Waals surface area contributed by atoms with E-state index in [1.54, 1.807) is 25.3 Å². The van der Waals surface area contributed by atoms with Gasteiger partial charge in [0.05, 0.1) is 18.6 Å². The Morgan fingerprint density at radius 1 is 1.24 bits per heavy atom. The minimum Gasteiger partial charge on any atom is -0.495 e. The van der Waals surface area contributed by atoms with Crippen LogP contribution in [0, 0.1) is 6.92 Å². The molecule has 0 aliphatic carbocycles. The van der Waals surface area contributed by atoms with Gasteiger partial charge in [-0.05, 0) is 29.5 Å². The van der Waals surface area contributed by atoms with Crippen LogP contribution >= 0.6 is 23.4 Å². The van der Waals surface area contributed by atoms with Crippen LogP contribution in [0.3, 0.4) is 0 Å². The number of hydrogen-bond donors (Lipinski definition) is 1. The standard InChI is InChI=1S/C25H29ClN4O2S/c1-7-12-30-23(17-8-10-18(11-9-17)25(3,4)5)28-29-24(30)33-15-22(31)27-20-13-16(2)19(26)14-21(20)32-6/h7-11,13-14H,1,12,15H2,2-6H3,(H,27,31). The zero-order valence-corrected chi connectivity index (χ0v) is 21.2. The average Bonchev–Trinajstić information content (AvgIpc) is 3.17. The number of ether oxygens (including phenoxy) is 1. The van der Waals surface area contributed by atoms with Crippen molar-refractivity contribution in [3.63, 3.8) is 0 Å². The SMILES string of the molecule is C=CCn1c(SCC(=O)Nc2cc(C)c(Cl)cc2OC)nnc1-c1ccc(C(C)(C)C)cc1. The first-order valence-corrected chi connectivity index (χ1v) is 11.9. The van der Waals surface area contributed by atoms with Gasteiger partial charge in [-0.15, -0.1) is 16.8 Å². The highest BCUT2D eigenvalue weighted by molar-refractivity contribution is 7.99. The summed E-state index contributed by atoms with van der Waals surface area (Å²) < 4.78 is 7.30. The van der Waals surface area contributed by atoms with E-state index in [2.05, 4.69) is 67.1 Å². The highest BCUT2D eigenvalue weighted by atomic mass is 35.5. The van der Waals surface area contributed by atoms with E-state index in [1.165, 1.54) is 17.3 Å². The number of rotatable bonds is 8. The van der Waals surface area contributed by atoms with E-state index in [9.17, 15) is 4.79 Å². The number of anilines is 1. The Balaban J connectivity index is 1.76. The van der Waals surface area contributed by atoms with Crippen LogP contribution < -0.4 is 10.1 Å². The maximum atomic E-state index is 12.6. The normalized spacial score (nSPS) is 11.3. The Bertz CT molecular complexity index is 1150. The minimum absolute atomic E-state index is 0.0764. The molecule has 3 aromatic rings. The van der Waals surface area contributed by atoms with Crippen molar-refractivity contribution < 1.29 is 9.53 Å². The number of carbonyl (C=O) groups excluding carboxylic acids is 1. The summed E-state index contributed by atoms with van der Waals surface area (Å²) in [4.78, 5) is 12.6. The van der Waals surface area contributed by atoms with Gasteiger partial charge in [0, 0.05) is 23.2 Å². The average molecular weight is 485 g/mol. The molecule has 2 aromatic carbocycles. The highest BCUT2D eigenvalue weighted by Gasteiger charge is 2.18. The van der Waals surface area contributed by atoms with Crippen LogP contribution in [-0.2, 0) is 16.8 Å². The quantitative estimate of drug-likeness (QED) is 0.307. The Hall–Kier alpha value is -2.77. The maximum Gasteiger partial charge on any atom is 0.234 e. The van der Waals surface area contributed by atoms with Crippen LogP contribution in [0.1, 0.15) is 31.9 Å². The fraction of sp³-hybridized carbons (Fsp3) is 0.320. The summed E-state index contributed by atoms with van der Waals surface area (Å²) in [5, 5.41) is 12.8. The molecule has 0 fully saturated rings. The molecule has 0 saturated carbocycles. The second kappa shape index (κ2) is 10.4. The van der Waals surface area contributed by atoms with Gasteiger partial charge < -0.3 is 10.1 Å². The molecule has 0 atom stereocenters. The van der Waals surface area contributed by atoms with Gasteiger partial charge in [0.15, 0.2) is 11.0 Å². The third-order valence-corrected chi connectivity index (χ3v) is 6.50. The molecule has 1 amide bonds. The summed E-state index contributed by atoms with van der Waals surface area (Å²) in [7, 11) is 1.54. The van der Waals surface area contributed by atoms with Crippen LogP contribution in [0.5, 0.6) is 5.75 Å². The van der Waals surface area contributed by atoms with Gasteiger partial charge in [0.1, 0.15) is 5.75 Å². The van der Waals surface area contributed by atoms with Gasteiger partial charge in [0.2, 0.25) is 5.91 Å². The molecule has 1 heterocycles. The summed E-state index contributed by atoms with van der Waals surface area (Å²) in [6.07, 6.45) is 1.79. The molecule has 33 heavy (non-hydrogen) atoms. The molecule has 3 rings (SSSR count). The number of methoxy groups -OCH3 is 1. The Kier molecular flexibility index (Phi) is 7.87. The maximum absolute atomic E-state index is 12.6. The highest BCUT2D eigenvalue weighted by Crippen LogP contribution is 2.32. The predicted molar refractivity (Wildman–Crippen MR) is 136 cm³/mol. The zero-order chi connectivity index (χ0) is 24.2. The summed E-state index contributed by atoms with van der Waals surface area (Å²) in [6.45, 7) is 12.8. The van der Waals surface area contributed by atoms with Gasteiger partial charge in [0.25, 0.3) is 0 Å². The predicted octanol–water partition coefficient (Wildman–Crippen LogP) is 6.13. The molecule has 0 unspecified atom stereocenters. The number of nitrogens with one attached hydrogen (secondary N) is 1. The van der Waals surface area contributed by atoms with Crippen molar-refractivity contribution >= 4 is 35.0 Å². The molecular formula is C25H29ClN4O2S. The fourth-order valence-corrected chi connectivity index (χ4v) is 4.17. The lowest BCUT2D eigenvalue weighted by atomic mass is 9.87. The topological polar surface area (TPSA) is 69.0 Å². The van der Waals surface area contributed by atoms with Gasteiger partial charge in [-0.2, -0.15) is 0 Å². The van der Waals surface area contributed by atoms with E-state index in [1.807, 2.05) is 11.5 Å². The van der Waals surface area contributed by atoms with E-state index in [0.717, 1.165) is 17.0 Å². The molecule has 8 heteroatoms. The van der Waals surface area contributed by atoms with E-state index in [0.29, 0.717) is 28.2 Å². The fourth-order valence-electron chi connectivity index (χ4n) is 3.27. The van der Waals surface area contributed by atoms with Crippen molar-refractivity contribution in [2.75, 3.05) is 18.2 Å². The Labute approximate surface area is 204 Å². The van der Waals surface area contributed by atoms with Crippen molar-refractivity contribution in [2.45, 2.75) is 44.8 Å². The number of halogens is 1. The number of benzene rings is 2. The second-order valence-electron chi connectivity index (χ2n) is 8.67. The molecule has 1 N–H and O–H groups in total. The number of allylic oxidation sites excluding steroid dienone is 1. The summed E-state index contributed by atoms with van der Waals surface area (Å²) in [5.74, 6) is 1.25. The third kappa shape index (κ3) is 5.97. The molecule has 174 valence electrons. The van der Waals surface area contributed by atoms with E-state index < -0.39 is 0 Å². The van der Waals surface area contributed by atoms with Gasteiger partial charge in [-0.1, -0.05) is 74.5 Å². The van der Waals surface area contributed by atoms with Crippen molar-refractivity contribution in [3.8, 4) is 17.1 Å². The third-order valence-electron chi connectivity index (χ3n) is 5.12. The summed E-state index contributed by atoms with van der Waals surface area (Å²) in [5.41, 5.74) is 3.73. The lowest BCUT2D eigenvalue weighted by Crippen LogP contribution is -2.15. The Morgan fingerprint density at radius 3 is 2.55 bits per heavy atom. The van der Waals surface area contributed by atoms with E-state index in [4.69, 9.17) is 16.3 Å². The van der Waals surface area contributed by atoms with E-state index >= 15 is 0 Å². The van der Waals surface area contributed by atoms with Crippen molar-refractivity contribution in [2.24, 2.45) is 0 Å². The molecule has 0 aliphatic rings. The number of carbonyl (C=O) groups is 1. The molecule has 1 aromatic heterocycles. The lowest BCUT2D eigenvalue weighted by molar-refractivity contribution is -0.113. The smallest absolute Gasteiger partial charge is 0.234 e. The minimum atomic E-state index is -0.177. The van der Waals surface area contributed by atoms with Gasteiger partial charge >= 0.3 is 0 Å². The second-order valence-corrected chi connectivity index (χ2v) is 10.0. The number of amides is 1. The lowest BCUT2D eigenvalue weighted by Gasteiger charge is -2.19. The number of aromatic nitrogens is 3. The van der Waals surface area contributed by atoms with Gasteiger partial charge in [-0.25, -0.2) is 0 Å². The van der Waals surface area contributed by atoms with Crippen molar-refractivity contribution in [1.29, 1.82) is 0 Å². The Morgan fingerprint density at radius 2 is 1.94 bits per heavy atom. The molecule has 0 saturated heterocycles. The molecule has 0 radical (unpaired) electrons. The first kappa shape index (κ1) is 24.9. The van der Waals surface area contributed by atoms with Crippen LogP contribution in [0.15, 0.2) is 54.2 Å². The largest absolute Gasteiger partial charge is 0.495 e. The van der Waals surface area contributed by atoms with E-state index in [-0.39, 0.29) is 17.1 Å². The van der Waals surface area contributed by atoms with Crippen molar-refractivity contribution in [3.05, 3.63) is 65.2 Å². The molecule has 0 bridgehead atoms. The summed E-state index contributed by atoms with van der Waals surface area (Å²) >= 11 is 7.47. The monoisotopic (exact) mass is 484 g/mol.